The van der Waals surface area contributed by atoms with Gasteiger partial charge in [-0.2, -0.15) is 0 Å². The lowest BCUT2D eigenvalue weighted by Gasteiger charge is -2.15. The molecule has 0 aliphatic heterocycles. The van der Waals surface area contributed by atoms with E-state index in [0.29, 0.717) is 11.3 Å². The number of carbonyl (C=O) groups is 2. The van der Waals surface area contributed by atoms with Crippen molar-refractivity contribution in [2.75, 3.05) is 5.73 Å². The Kier molecular flexibility index (Phi) is 3.88. The van der Waals surface area contributed by atoms with E-state index in [-0.39, 0.29) is 6.42 Å². The van der Waals surface area contributed by atoms with E-state index in [1.807, 2.05) is 0 Å². The van der Waals surface area contributed by atoms with Crippen LogP contribution in [-0.4, -0.2) is 17.0 Å². The lowest BCUT2D eigenvalue weighted by molar-refractivity contribution is -0.151. The highest BCUT2D eigenvalue weighted by atomic mass is 16.5. The van der Waals surface area contributed by atoms with Gasteiger partial charge in [0.15, 0.2) is 0 Å². The van der Waals surface area contributed by atoms with Crippen molar-refractivity contribution in [3.8, 4) is 0 Å². The summed E-state index contributed by atoms with van der Waals surface area (Å²) in [4.78, 5) is 21.5. The van der Waals surface area contributed by atoms with E-state index >= 15 is 0 Å². The van der Waals surface area contributed by atoms with Gasteiger partial charge in [0.1, 0.15) is 6.10 Å². The number of anilines is 1. The number of esters is 1. The van der Waals surface area contributed by atoms with Crippen molar-refractivity contribution >= 4 is 17.6 Å². The van der Waals surface area contributed by atoms with Crippen LogP contribution in [0.5, 0.6) is 0 Å². The first-order chi connectivity index (χ1) is 7.49. The first-order valence-corrected chi connectivity index (χ1v) is 4.73. The minimum Gasteiger partial charge on any atom is -0.481 e. The number of carbonyl (C=O) groups excluding carboxylic acids is 1. The second-order valence-electron chi connectivity index (χ2n) is 3.37. The Morgan fingerprint density at radius 2 is 2.19 bits per heavy atom. The summed E-state index contributed by atoms with van der Waals surface area (Å²) in [7, 11) is 0. The highest BCUT2D eigenvalue weighted by Gasteiger charge is 2.18. The molecule has 1 atom stereocenters. The van der Waals surface area contributed by atoms with E-state index in [2.05, 4.69) is 0 Å². The molecule has 5 nitrogen and oxygen atoms in total. The minimum absolute atomic E-state index is 0.275. The molecular weight excluding hydrogens is 210 g/mol. The number of benzene rings is 1. The van der Waals surface area contributed by atoms with Gasteiger partial charge < -0.3 is 15.6 Å². The molecule has 0 aliphatic carbocycles. The Balaban J connectivity index is 2.90. The third kappa shape index (κ3) is 3.61. The van der Waals surface area contributed by atoms with Gasteiger partial charge in [0.25, 0.3) is 0 Å². The number of hydrogen-bond acceptors (Lipinski definition) is 4. The smallest absolute Gasteiger partial charge is 0.307 e. The molecule has 0 saturated carbocycles. The predicted molar refractivity (Wildman–Crippen MR) is 57.6 cm³/mol. The Morgan fingerprint density at radius 1 is 1.50 bits per heavy atom. The lowest BCUT2D eigenvalue weighted by Crippen LogP contribution is -2.13. The van der Waals surface area contributed by atoms with E-state index in [9.17, 15) is 9.59 Å². The van der Waals surface area contributed by atoms with Gasteiger partial charge in [0, 0.05) is 12.6 Å². The average molecular weight is 223 g/mol. The van der Waals surface area contributed by atoms with Crippen LogP contribution in [0.4, 0.5) is 5.69 Å². The summed E-state index contributed by atoms with van der Waals surface area (Å²) in [6, 6.07) is 6.63. The van der Waals surface area contributed by atoms with Gasteiger partial charge >= 0.3 is 11.9 Å². The number of carboxylic acids is 1. The molecule has 0 heterocycles. The zero-order valence-corrected chi connectivity index (χ0v) is 8.84. The maximum absolute atomic E-state index is 10.8. The summed E-state index contributed by atoms with van der Waals surface area (Å²) in [5.41, 5.74) is 6.65. The number of aliphatic carboxylic acids is 1. The summed E-state index contributed by atoms with van der Waals surface area (Å²) in [5, 5.41) is 8.70. The van der Waals surface area contributed by atoms with Crippen LogP contribution in [0.1, 0.15) is 25.0 Å². The first kappa shape index (κ1) is 12.0. The Hall–Kier alpha value is -2.04. The van der Waals surface area contributed by atoms with Crippen molar-refractivity contribution in [3.05, 3.63) is 29.8 Å². The second kappa shape index (κ2) is 5.16. The average Bonchev–Trinajstić information content (AvgIpc) is 2.15. The van der Waals surface area contributed by atoms with Gasteiger partial charge in [-0.1, -0.05) is 12.1 Å². The van der Waals surface area contributed by atoms with Crippen molar-refractivity contribution in [2.24, 2.45) is 0 Å². The van der Waals surface area contributed by atoms with Gasteiger partial charge in [0.2, 0.25) is 0 Å². The Morgan fingerprint density at radius 3 is 2.69 bits per heavy atom. The molecule has 0 radical (unpaired) electrons. The topological polar surface area (TPSA) is 89.6 Å². The summed E-state index contributed by atoms with van der Waals surface area (Å²) < 4.78 is 4.93. The number of carboxylic acid groups (broad SMARTS) is 1. The van der Waals surface area contributed by atoms with Gasteiger partial charge in [0.05, 0.1) is 6.42 Å². The number of ether oxygens (including phenoxy) is 1. The van der Waals surface area contributed by atoms with E-state index in [1.165, 1.54) is 6.92 Å². The third-order valence-electron chi connectivity index (χ3n) is 1.95. The molecular formula is C11H13NO4. The summed E-state index contributed by atoms with van der Waals surface area (Å²) in [6.07, 6.45) is -1.07. The fraction of sp³-hybridized carbons (Fsp3) is 0.273. The molecule has 0 aliphatic rings. The fourth-order valence-corrected chi connectivity index (χ4v) is 1.35. The van der Waals surface area contributed by atoms with Crippen molar-refractivity contribution in [1.29, 1.82) is 0 Å². The molecule has 86 valence electrons. The predicted octanol–water partition coefficient (Wildman–Crippen LogP) is 1.35. The van der Waals surface area contributed by atoms with E-state index in [0.717, 1.165) is 0 Å². The summed E-state index contributed by atoms with van der Waals surface area (Å²) in [5.74, 6) is -1.55. The summed E-state index contributed by atoms with van der Waals surface area (Å²) in [6.45, 7) is 1.24. The van der Waals surface area contributed by atoms with E-state index in [4.69, 9.17) is 15.6 Å². The molecule has 1 unspecified atom stereocenters. The molecule has 0 amide bonds. The number of nitrogens with two attached hydrogens (primary N) is 1. The maximum atomic E-state index is 10.8. The SMILES string of the molecule is CC(=O)OC(CC(=O)O)c1cccc(N)c1. The molecule has 1 rings (SSSR count). The number of nitrogen functional groups attached to an aromatic ring is 1. The molecule has 0 saturated heterocycles. The van der Waals surface area contributed by atoms with Crippen LogP contribution in [0.25, 0.3) is 0 Å². The standard InChI is InChI=1S/C11H13NO4/c1-7(13)16-10(6-11(14)15)8-3-2-4-9(12)5-8/h2-5,10H,6,12H2,1H3,(H,14,15). The van der Waals surface area contributed by atoms with Crippen molar-refractivity contribution in [2.45, 2.75) is 19.4 Å². The Labute approximate surface area is 92.8 Å². The molecule has 1 aromatic carbocycles. The van der Waals surface area contributed by atoms with E-state index in [1.54, 1.807) is 24.3 Å². The number of hydrogen-bond donors (Lipinski definition) is 2. The maximum Gasteiger partial charge on any atom is 0.307 e. The van der Waals surface area contributed by atoms with Crippen molar-refractivity contribution in [1.82, 2.24) is 0 Å². The van der Waals surface area contributed by atoms with Crippen LogP contribution in [0.2, 0.25) is 0 Å². The molecule has 0 bridgehead atoms. The number of rotatable bonds is 4. The van der Waals surface area contributed by atoms with Crippen molar-refractivity contribution in [3.63, 3.8) is 0 Å². The lowest BCUT2D eigenvalue weighted by atomic mass is 10.1. The molecule has 16 heavy (non-hydrogen) atoms. The van der Waals surface area contributed by atoms with E-state index < -0.39 is 18.0 Å². The normalized spacial score (nSPS) is 11.8. The summed E-state index contributed by atoms with van der Waals surface area (Å²) >= 11 is 0. The zero-order chi connectivity index (χ0) is 12.1. The zero-order valence-electron chi connectivity index (χ0n) is 8.84. The quantitative estimate of drug-likeness (QED) is 0.594. The molecule has 0 spiro atoms. The largest absolute Gasteiger partial charge is 0.481 e. The van der Waals surface area contributed by atoms with Crippen LogP contribution in [-0.2, 0) is 14.3 Å². The highest BCUT2D eigenvalue weighted by Crippen LogP contribution is 2.23. The van der Waals surface area contributed by atoms with Crippen LogP contribution in [0.3, 0.4) is 0 Å². The Bertz CT molecular complexity index is 387. The first-order valence-electron chi connectivity index (χ1n) is 4.73. The van der Waals surface area contributed by atoms with Crippen LogP contribution >= 0.6 is 0 Å². The van der Waals surface area contributed by atoms with Crippen LogP contribution in [0.15, 0.2) is 24.3 Å². The van der Waals surface area contributed by atoms with Gasteiger partial charge in [-0.05, 0) is 17.7 Å². The van der Waals surface area contributed by atoms with Gasteiger partial charge in [-0.3, -0.25) is 9.59 Å². The minimum atomic E-state index is -1.03. The molecule has 5 heteroatoms. The van der Waals surface area contributed by atoms with Gasteiger partial charge in [-0.25, -0.2) is 0 Å². The van der Waals surface area contributed by atoms with Crippen LogP contribution < -0.4 is 5.73 Å². The van der Waals surface area contributed by atoms with Gasteiger partial charge in [-0.15, -0.1) is 0 Å². The molecule has 0 fully saturated rings. The second-order valence-corrected chi connectivity index (χ2v) is 3.37. The third-order valence-corrected chi connectivity index (χ3v) is 1.95. The van der Waals surface area contributed by atoms with Crippen LogP contribution in [0, 0.1) is 0 Å². The highest BCUT2D eigenvalue weighted by molar-refractivity contribution is 5.70. The fourth-order valence-electron chi connectivity index (χ4n) is 1.35. The van der Waals surface area contributed by atoms with Crippen molar-refractivity contribution < 1.29 is 19.4 Å². The molecule has 0 aromatic heterocycles. The molecule has 1 aromatic rings. The molecule has 3 N–H and O–H groups in total. The monoisotopic (exact) mass is 223 g/mol.